The van der Waals surface area contributed by atoms with Crippen molar-refractivity contribution in [1.29, 1.82) is 0 Å². The van der Waals surface area contributed by atoms with Gasteiger partial charge in [0.25, 0.3) is 0 Å². The van der Waals surface area contributed by atoms with Gasteiger partial charge < -0.3 is 14.2 Å². The fourth-order valence-electron chi connectivity index (χ4n) is 3.62. The average molecular weight is 458 g/mol. The molecule has 1 fully saturated rings. The second-order valence-electron chi connectivity index (χ2n) is 8.36. The number of aromatic nitrogens is 4. The van der Waals surface area contributed by atoms with E-state index in [0.29, 0.717) is 23.3 Å². The van der Waals surface area contributed by atoms with Crippen LogP contribution in [0, 0.1) is 6.92 Å². The van der Waals surface area contributed by atoms with Gasteiger partial charge in [0.1, 0.15) is 17.4 Å². The van der Waals surface area contributed by atoms with Crippen molar-refractivity contribution in [2.24, 2.45) is 0 Å². The Bertz CT molecular complexity index is 1180. The first-order valence-corrected chi connectivity index (χ1v) is 12.5. The maximum Gasteiger partial charge on any atom is 0.229 e. The molecular formula is C22H27N5O4S. The van der Waals surface area contributed by atoms with Crippen LogP contribution in [0.5, 0.6) is 11.6 Å². The molecule has 0 N–H and O–H groups in total. The van der Waals surface area contributed by atoms with Crippen LogP contribution in [0.25, 0.3) is 0 Å². The smallest absolute Gasteiger partial charge is 0.229 e. The molecule has 3 heterocycles. The van der Waals surface area contributed by atoms with Crippen molar-refractivity contribution in [3.63, 3.8) is 0 Å². The van der Waals surface area contributed by atoms with Crippen LogP contribution >= 0.6 is 0 Å². The summed E-state index contributed by atoms with van der Waals surface area (Å²) < 4.78 is 34.6. The van der Waals surface area contributed by atoms with E-state index < -0.39 is 9.84 Å². The zero-order chi connectivity index (χ0) is 22.9. The van der Waals surface area contributed by atoms with Gasteiger partial charge in [-0.15, -0.1) is 0 Å². The van der Waals surface area contributed by atoms with Crippen molar-refractivity contribution in [3.05, 3.63) is 47.9 Å². The van der Waals surface area contributed by atoms with Crippen LogP contribution in [-0.2, 0) is 9.84 Å². The third-order valence-corrected chi connectivity index (χ3v) is 6.55. The Morgan fingerprint density at radius 2 is 1.78 bits per heavy atom. The van der Waals surface area contributed by atoms with Crippen LogP contribution in [0.1, 0.15) is 56.1 Å². The second-order valence-corrected chi connectivity index (χ2v) is 10.4. The Labute approximate surface area is 187 Å². The Hall–Kier alpha value is -3.01. The number of hydrogen-bond acceptors (Lipinski definition) is 9. The predicted molar refractivity (Wildman–Crippen MR) is 119 cm³/mol. The molecule has 0 atom stereocenters. The van der Waals surface area contributed by atoms with Crippen LogP contribution in [0.15, 0.2) is 39.8 Å². The van der Waals surface area contributed by atoms with Crippen molar-refractivity contribution in [2.75, 3.05) is 24.2 Å². The number of sulfone groups is 1. The number of ether oxygens (including phenoxy) is 1. The number of piperidine rings is 1. The zero-order valence-electron chi connectivity index (χ0n) is 18.6. The lowest BCUT2D eigenvalue weighted by Gasteiger charge is -2.31. The van der Waals surface area contributed by atoms with Crippen LogP contribution < -0.4 is 9.64 Å². The Balaban J connectivity index is 1.44. The maximum atomic E-state index is 11.6. The van der Waals surface area contributed by atoms with E-state index in [1.807, 2.05) is 20.8 Å². The molecule has 0 radical (unpaired) electrons. The number of anilines is 1. The lowest BCUT2D eigenvalue weighted by Crippen LogP contribution is -2.33. The highest BCUT2D eigenvalue weighted by molar-refractivity contribution is 7.90. The van der Waals surface area contributed by atoms with Gasteiger partial charge in [0.05, 0.1) is 4.90 Å². The van der Waals surface area contributed by atoms with Crippen molar-refractivity contribution in [1.82, 2.24) is 20.1 Å². The zero-order valence-corrected chi connectivity index (χ0v) is 19.5. The highest BCUT2D eigenvalue weighted by Crippen LogP contribution is 2.31. The molecule has 1 aliphatic rings. The van der Waals surface area contributed by atoms with Crippen molar-refractivity contribution < 1.29 is 17.7 Å². The fraction of sp³-hybridized carbons (Fsp3) is 0.455. The van der Waals surface area contributed by atoms with Gasteiger partial charge in [-0.1, -0.05) is 19.0 Å². The lowest BCUT2D eigenvalue weighted by atomic mass is 9.97. The molecule has 1 saturated heterocycles. The number of benzene rings is 1. The number of hydrogen-bond donors (Lipinski definition) is 0. The van der Waals surface area contributed by atoms with Gasteiger partial charge in [0.2, 0.25) is 11.8 Å². The Morgan fingerprint density at radius 3 is 2.38 bits per heavy atom. The summed E-state index contributed by atoms with van der Waals surface area (Å²) in [5.41, 5.74) is 0. The predicted octanol–water partition coefficient (Wildman–Crippen LogP) is 3.87. The minimum absolute atomic E-state index is 0.244. The van der Waals surface area contributed by atoms with Crippen LogP contribution in [0.4, 0.5) is 5.82 Å². The lowest BCUT2D eigenvalue weighted by molar-refractivity contribution is 0.325. The number of aryl methyl sites for hydroxylation is 1. The highest BCUT2D eigenvalue weighted by atomic mass is 32.2. The summed E-state index contributed by atoms with van der Waals surface area (Å²) in [5, 5.41) is 4.08. The van der Waals surface area contributed by atoms with E-state index in [1.54, 1.807) is 18.2 Å². The Kier molecular flexibility index (Phi) is 6.14. The molecular weight excluding hydrogens is 430 g/mol. The molecule has 0 spiro atoms. The van der Waals surface area contributed by atoms with E-state index in [0.717, 1.165) is 37.6 Å². The molecule has 10 heteroatoms. The van der Waals surface area contributed by atoms with Gasteiger partial charge in [0.15, 0.2) is 15.7 Å². The largest absolute Gasteiger partial charge is 0.439 e. The van der Waals surface area contributed by atoms with Gasteiger partial charge in [-0.3, -0.25) is 0 Å². The summed E-state index contributed by atoms with van der Waals surface area (Å²) in [7, 11) is -3.25. The van der Waals surface area contributed by atoms with Crippen LogP contribution in [0.3, 0.4) is 0 Å². The molecule has 1 aromatic carbocycles. The molecule has 1 aliphatic heterocycles. The standard InChI is InChI=1S/C22H27N5O4S/c1-14(2)21-25-22(31-26-21)16-9-11-27(12-10-16)19-13-20(24-15(3)23-19)30-17-5-7-18(8-6-17)32(4,28)29/h5-8,13-14,16H,9-12H2,1-4H3. The summed E-state index contributed by atoms with van der Waals surface area (Å²) in [6.07, 6.45) is 2.96. The molecule has 3 aromatic rings. The van der Waals surface area contributed by atoms with Crippen molar-refractivity contribution in [3.8, 4) is 11.6 Å². The number of rotatable bonds is 6. The number of nitrogens with zero attached hydrogens (tertiary/aromatic N) is 5. The molecule has 170 valence electrons. The minimum Gasteiger partial charge on any atom is -0.439 e. The highest BCUT2D eigenvalue weighted by Gasteiger charge is 2.26. The van der Waals surface area contributed by atoms with E-state index in [1.165, 1.54) is 18.4 Å². The monoisotopic (exact) mass is 457 g/mol. The molecule has 0 amide bonds. The minimum atomic E-state index is -3.25. The summed E-state index contributed by atoms with van der Waals surface area (Å²) in [6.45, 7) is 7.54. The van der Waals surface area contributed by atoms with Gasteiger partial charge in [-0.05, 0) is 44.0 Å². The van der Waals surface area contributed by atoms with E-state index in [4.69, 9.17) is 9.26 Å². The molecule has 0 saturated carbocycles. The van der Waals surface area contributed by atoms with E-state index in [-0.39, 0.29) is 16.7 Å². The first kappa shape index (κ1) is 22.2. The molecule has 0 bridgehead atoms. The fourth-order valence-corrected chi connectivity index (χ4v) is 4.25. The van der Waals surface area contributed by atoms with Gasteiger partial charge >= 0.3 is 0 Å². The topological polar surface area (TPSA) is 111 Å². The second kappa shape index (κ2) is 8.85. The molecule has 2 aromatic heterocycles. The SMILES string of the molecule is Cc1nc(Oc2ccc(S(C)(=O)=O)cc2)cc(N2CCC(c3nc(C(C)C)no3)CC2)n1. The van der Waals surface area contributed by atoms with E-state index >= 15 is 0 Å². The summed E-state index contributed by atoms with van der Waals surface area (Å²) >= 11 is 0. The van der Waals surface area contributed by atoms with E-state index in [2.05, 4.69) is 25.0 Å². The normalized spacial score (nSPS) is 15.3. The van der Waals surface area contributed by atoms with Gasteiger partial charge in [-0.25, -0.2) is 13.4 Å². The summed E-state index contributed by atoms with van der Waals surface area (Å²) in [6, 6.07) is 8.09. The summed E-state index contributed by atoms with van der Waals surface area (Å²) in [5.74, 6) is 4.29. The molecule has 0 aliphatic carbocycles. The van der Waals surface area contributed by atoms with E-state index in [9.17, 15) is 8.42 Å². The molecule has 0 unspecified atom stereocenters. The quantitative estimate of drug-likeness (QED) is 0.544. The van der Waals surface area contributed by atoms with Crippen molar-refractivity contribution in [2.45, 2.75) is 50.3 Å². The molecule has 4 rings (SSSR count). The Morgan fingerprint density at radius 1 is 1.09 bits per heavy atom. The molecule has 32 heavy (non-hydrogen) atoms. The summed E-state index contributed by atoms with van der Waals surface area (Å²) in [4.78, 5) is 15.9. The van der Waals surface area contributed by atoms with Crippen molar-refractivity contribution >= 4 is 15.7 Å². The first-order chi connectivity index (χ1) is 15.2. The van der Waals surface area contributed by atoms with Gasteiger partial charge in [-0.2, -0.15) is 9.97 Å². The third-order valence-electron chi connectivity index (χ3n) is 5.42. The first-order valence-electron chi connectivity index (χ1n) is 10.6. The van der Waals surface area contributed by atoms with Crippen LogP contribution in [0.2, 0.25) is 0 Å². The average Bonchev–Trinajstić information content (AvgIpc) is 3.24. The maximum absolute atomic E-state index is 11.6. The van der Waals surface area contributed by atoms with Crippen LogP contribution in [-0.4, -0.2) is 47.9 Å². The molecule has 9 nitrogen and oxygen atoms in total. The van der Waals surface area contributed by atoms with Gasteiger partial charge in [0, 0.05) is 37.2 Å². The third kappa shape index (κ3) is 5.07.